The number of hydrogen-bond acceptors (Lipinski definition) is 2. The van der Waals surface area contributed by atoms with Gasteiger partial charge in [0.15, 0.2) is 0 Å². The molecule has 0 spiro atoms. The first-order valence-electron chi connectivity index (χ1n) is 6.12. The van der Waals surface area contributed by atoms with E-state index in [0.29, 0.717) is 10.6 Å². The van der Waals surface area contributed by atoms with Crippen molar-refractivity contribution in [3.05, 3.63) is 58.4 Å². The molecule has 0 aliphatic rings. The summed E-state index contributed by atoms with van der Waals surface area (Å²) in [7, 11) is 0. The second kappa shape index (κ2) is 5.85. The van der Waals surface area contributed by atoms with Crippen molar-refractivity contribution in [3.63, 3.8) is 0 Å². The van der Waals surface area contributed by atoms with Gasteiger partial charge in [-0.15, -0.1) is 0 Å². The standard InChI is InChI=1S/C15H15ClN2O/c1-3-11-6-4-5-10(2)14(11)18-15(19)12-9-17-8-7-13(12)16/h4-9H,3H2,1-2H3,(H,18,19). The van der Waals surface area contributed by atoms with Crippen molar-refractivity contribution >= 4 is 23.2 Å². The Balaban J connectivity index is 2.32. The molecule has 0 bridgehead atoms. The Morgan fingerprint density at radius 1 is 1.37 bits per heavy atom. The summed E-state index contributed by atoms with van der Waals surface area (Å²) < 4.78 is 0. The van der Waals surface area contributed by atoms with E-state index in [2.05, 4.69) is 17.2 Å². The van der Waals surface area contributed by atoms with E-state index in [4.69, 9.17) is 11.6 Å². The number of halogens is 1. The molecule has 98 valence electrons. The van der Waals surface area contributed by atoms with Crippen molar-refractivity contribution in [2.75, 3.05) is 5.32 Å². The summed E-state index contributed by atoms with van der Waals surface area (Å²) >= 11 is 6.00. The van der Waals surface area contributed by atoms with Gasteiger partial charge in [0, 0.05) is 18.1 Å². The minimum atomic E-state index is -0.234. The summed E-state index contributed by atoms with van der Waals surface area (Å²) in [6.45, 7) is 4.03. The maximum atomic E-state index is 12.2. The number of aryl methyl sites for hydroxylation is 2. The quantitative estimate of drug-likeness (QED) is 0.923. The van der Waals surface area contributed by atoms with Crippen LogP contribution in [0.3, 0.4) is 0 Å². The molecule has 2 rings (SSSR count). The van der Waals surface area contributed by atoms with Crippen molar-refractivity contribution < 1.29 is 4.79 Å². The van der Waals surface area contributed by atoms with Gasteiger partial charge >= 0.3 is 0 Å². The van der Waals surface area contributed by atoms with Gasteiger partial charge in [-0.1, -0.05) is 36.7 Å². The molecule has 3 nitrogen and oxygen atoms in total. The third-order valence-corrected chi connectivity index (χ3v) is 3.32. The molecule has 4 heteroatoms. The molecule has 2 aromatic rings. The minimum Gasteiger partial charge on any atom is -0.321 e. The average Bonchev–Trinajstić information content (AvgIpc) is 2.41. The van der Waals surface area contributed by atoms with Gasteiger partial charge in [0.1, 0.15) is 0 Å². The highest BCUT2D eigenvalue weighted by atomic mass is 35.5. The summed E-state index contributed by atoms with van der Waals surface area (Å²) in [4.78, 5) is 16.1. The summed E-state index contributed by atoms with van der Waals surface area (Å²) in [6, 6.07) is 7.57. The lowest BCUT2D eigenvalue weighted by atomic mass is 10.1. The first-order chi connectivity index (χ1) is 9.13. The molecule has 0 atom stereocenters. The highest BCUT2D eigenvalue weighted by molar-refractivity contribution is 6.34. The molecule has 1 aromatic carbocycles. The number of aromatic nitrogens is 1. The highest BCUT2D eigenvalue weighted by Gasteiger charge is 2.13. The minimum absolute atomic E-state index is 0.234. The molecule has 0 saturated carbocycles. The number of pyridine rings is 1. The second-order valence-corrected chi connectivity index (χ2v) is 4.68. The van der Waals surface area contributed by atoms with Gasteiger partial charge < -0.3 is 5.32 Å². The van der Waals surface area contributed by atoms with Gasteiger partial charge in [-0.2, -0.15) is 0 Å². The van der Waals surface area contributed by atoms with Gasteiger partial charge in [0.05, 0.1) is 10.6 Å². The Hall–Kier alpha value is -1.87. The van der Waals surface area contributed by atoms with Crippen molar-refractivity contribution in [2.24, 2.45) is 0 Å². The van der Waals surface area contributed by atoms with E-state index >= 15 is 0 Å². The van der Waals surface area contributed by atoms with E-state index in [1.807, 2.05) is 25.1 Å². The summed E-state index contributed by atoms with van der Waals surface area (Å²) in [6.07, 6.45) is 3.89. The Bertz CT molecular complexity index is 611. The first kappa shape index (κ1) is 13.6. The monoisotopic (exact) mass is 274 g/mol. The van der Waals surface area contributed by atoms with E-state index in [9.17, 15) is 4.79 Å². The third kappa shape index (κ3) is 2.93. The third-order valence-electron chi connectivity index (χ3n) is 2.99. The van der Waals surface area contributed by atoms with Crippen LogP contribution >= 0.6 is 11.6 Å². The molecule has 1 aromatic heterocycles. The Morgan fingerprint density at radius 3 is 2.84 bits per heavy atom. The van der Waals surface area contributed by atoms with Crippen LogP contribution in [0.25, 0.3) is 0 Å². The van der Waals surface area contributed by atoms with Gasteiger partial charge in [-0.05, 0) is 30.5 Å². The summed E-state index contributed by atoms with van der Waals surface area (Å²) in [5.41, 5.74) is 3.38. The first-order valence-corrected chi connectivity index (χ1v) is 6.50. The van der Waals surface area contributed by atoms with Gasteiger partial charge in [0.25, 0.3) is 5.91 Å². The van der Waals surface area contributed by atoms with Gasteiger partial charge in [-0.25, -0.2) is 0 Å². The Kier molecular flexibility index (Phi) is 4.17. The molecule has 0 fully saturated rings. The van der Waals surface area contributed by atoms with E-state index in [-0.39, 0.29) is 5.91 Å². The molecule has 0 aliphatic carbocycles. The summed E-state index contributed by atoms with van der Waals surface area (Å²) in [5, 5.41) is 3.33. The SMILES string of the molecule is CCc1cccc(C)c1NC(=O)c1cnccc1Cl. The van der Waals surface area contributed by atoms with Crippen LogP contribution in [0, 0.1) is 6.92 Å². The fourth-order valence-electron chi connectivity index (χ4n) is 1.93. The molecule has 0 saturated heterocycles. The number of anilines is 1. The molecule has 1 amide bonds. The number of amides is 1. The van der Waals surface area contributed by atoms with Crippen molar-refractivity contribution in [3.8, 4) is 0 Å². The van der Waals surface area contributed by atoms with E-state index in [0.717, 1.165) is 23.2 Å². The van der Waals surface area contributed by atoms with Crippen LogP contribution in [-0.4, -0.2) is 10.9 Å². The number of nitrogens with zero attached hydrogens (tertiary/aromatic N) is 1. The van der Waals surface area contributed by atoms with Gasteiger partial charge in [-0.3, -0.25) is 9.78 Å². The molecular weight excluding hydrogens is 260 g/mol. The molecule has 0 aliphatic heterocycles. The number of nitrogens with one attached hydrogen (secondary N) is 1. The average molecular weight is 275 g/mol. The van der Waals surface area contributed by atoms with E-state index in [1.165, 1.54) is 6.20 Å². The van der Waals surface area contributed by atoms with Gasteiger partial charge in [0.2, 0.25) is 0 Å². The lowest BCUT2D eigenvalue weighted by Crippen LogP contribution is -2.15. The maximum Gasteiger partial charge on any atom is 0.258 e. The molecular formula is C15H15ClN2O. The highest BCUT2D eigenvalue weighted by Crippen LogP contribution is 2.23. The fraction of sp³-hybridized carbons (Fsp3) is 0.200. The zero-order valence-corrected chi connectivity index (χ0v) is 11.7. The second-order valence-electron chi connectivity index (χ2n) is 4.27. The lowest BCUT2D eigenvalue weighted by Gasteiger charge is -2.13. The predicted octanol–water partition coefficient (Wildman–Crippen LogP) is 3.86. The van der Waals surface area contributed by atoms with Crippen LogP contribution in [0.1, 0.15) is 28.4 Å². The normalized spacial score (nSPS) is 10.3. The Labute approximate surface area is 117 Å². The zero-order chi connectivity index (χ0) is 13.8. The van der Waals surface area contributed by atoms with Crippen LogP contribution < -0.4 is 5.32 Å². The fourth-order valence-corrected chi connectivity index (χ4v) is 2.12. The number of hydrogen-bond donors (Lipinski definition) is 1. The van der Waals surface area contributed by atoms with Crippen molar-refractivity contribution in [2.45, 2.75) is 20.3 Å². The Morgan fingerprint density at radius 2 is 2.16 bits per heavy atom. The van der Waals surface area contributed by atoms with Crippen LogP contribution in [0.5, 0.6) is 0 Å². The molecule has 1 N–H and O–H groups in total. The van der Waals surface area contributed by atoms with Crippen molar-refractivity contribution in [1.29, 1.82) is 0 Å². The van der Waals surface area contributed by atoms with Crippen molar-refractivity contribution in [1.82, 2.24) is 4.98 Å². The zero-order valence-electron chi connectivity index (χ0n) is 10.9. The number of carbonyl (C=O) groups is 1. The topological polar surface area (TPSA) is 42.0 Å². The smallest absolute Gasteiger partial charge is 0.258 e. The number of rotatable bonds is 3. The molecule has 19 heavy (non-hydrogen) atoms. The molecule has 1 heterocycles. The van der Waals surface area contributed by atoms with Crippen LogP contribution in [0.15, 0.2) is 36.7 Å². The van der Waals surface area contributed by atoms with E-state index in [1.54, 1.807) is 12.3 Å². The lowest BCUT2D eigenvalue weighted by molar-refractivity contribution is 0.102. The number of para-hydroxylation sites is 1. The number of carbonyl (C=O) groups excluding carboxylic acids is 1. The maximum absolute atomic E-state index is 12.2. The largest absolute Gasteiger partial charge is 0.321 e. The van der Waals surface area contributed by atoms with Crippen LogP contribution in [0.2, 0.25) is 5.02 Å². The molecule has 0 radical (unpaired) electrons. The molecule has 0 unspecified atom stereocenters. The summed E-state index contributed by atoms with van der Waals surface area (Å²) in [5.74, 6) is -0.234. The predicted molar refractivity (Wildman–Crippen MR) is 77.8 cm³/mol. The van der Waals surface area contributed by atoms with E-state index < -0.39 is 0 Å². The van der Waals surface area contributed by atoms with Crippen LogP contribution in [-0.2, 0) is 6.42 Å². The number of benzene rings is 1. The van der Waals surface area contributed by atoms with Crippen LogP contribution in [0.4, 0.5) is 5.69 Å².